The van der Waals surface area contributed by atoms with E-state index in [2.05, 4.69) is 20.9 Å². The summed E-state index contributed by atoms with van der Waals surface area (Å²) in [6.45, 7) is 0. The van der Waals surface area contributed by atoms with Crippen LogP contribution in [0.2, 0.25) is 5.02 Å². The van der Waals surface area contributed by atoms with Gasteiger partial charge in [0, 0.05) is 16.8 Å². The lowest BCUT2D eigenvalue weighted by Crippen LogP contribution is -2.13. The summed E-state index contributed by atoms with van der Waals surface area (Å²) < 4.78 is 2.09. The van der Waals surface area contributed by atoms with Crippen LogP contribution in [0.1, 0.15) is 30.6 Å². The molecule has 1 aromatic carbocycles. The molecule has 1 fully saturated rings. The Bertz CT molecular complexity index is 624. The second-order valence-corrected chi connectivity index (χ2v) is 5.11. The summed E-state index contributed by atoms with van der Waals surface area (Å²) in [5, 5.41) is 13.2. The minimum absolute atomic E-state index is 0.415. The smallest absolute Gasteiger partial charge is 0.156 e. The normalized spacial score (nSPS) is 15.8. The third-order valence-corrected chi connectivity index (χ3v) is 3.43. The molecule has 1 aliphatic carbocycles. The molecule has 0 saturated heterocycles. The molecule has 1 atom stereocenters. The van der Waals surface area contributed by atoms with E-state index in [1.807, 2.05) is 24.3 Å². The highest BCUT2D eigenvalue weighted by Gasteiger charge is 2.27. The van der Waals surface area contributed by atoms with E-state index in [1.54, 1.807) is 12.5 Å². The van der Waals surface area contributed by atoms with Gasteiger partial charge in [-0.3, -0.25) is 0 Å². The first-order valence-electron chi connectivity index (χ1n) is 6.21. The lowest BCUT2D eigenvalue weighted by atomic mass is 10.2. The minimum atomic E-state index is -0.415. The first-order valence-corrected chi connectivity index (χ1v) is 6.59. The first-order chi connectivity index (χ1) is 9.28. The van der Waals surface area contributed by atoms with Gasteiger partial charge < -0.3 is 9.88 Å². The molecule has 0 radical (unpaired) electrons. The number of aromatic nitrogens is 2. The van der Waals surface area contributed by atoms with Crippen LogP contribution in [0.25, 0.3) is 0 Å². The topological polar surface area (TPSA) is 53.6 Å². The van der Waals surface area contributed by atoms with Crippen molar-refractivity contribution < 1.29 is 0 Å². The maximum Gasteiger partial charge on any atom is 0.156 e. The maximum atomic E-state index is 9.37. The van der Waals surface area contributed by atoms with E-state index in [0.717, 1.165) is 11.4 Å². The lowest BCUT2D eigenvalue weighted by Gasteiger charge is -2.15. The molecule has 0 amide bonds. The van der Waals surface area contributed by atoms with E-state index in [4.69, 9.17) is 11.6 Å². The van der Waals surface area contributed by atoms with Crippen molar-refractivity contribution in [1.82, 2.24) is 9.55 Å². The number of imidazole rings is 1. The van der Waals surface area contributed by atoms with Crippen LogP contribution in [0.15, 0.2) is 36.8 Å². The number of hydrogen-bond acceptors (Lipinski definition) is 3. The summed E-state index contributed by atoms with van der Waals surface area (Å²) in [5.74, 6) is 0. The summed E-state index contributed by atoms with van der Waals surface area (Å²) in [4.78, 5) is 4.16. The Labute approximate surface area is 116 Å². The Morgan fingerprint density at radius 3 is 3.00 bits per heavy atom. The van der Waals surface area contributed by atoms with Gasteiger partial charge in [0.1, 0.15) is 0 Å². The van der Waals surface area contributed by atoms with Gasteiger partial charge in [-0.1, -0.05) is 17.7 Å². The fraction of sp³-hybridized carbons (Fsp3) is 0.286. The number of nitrogens with zero attached hydrogens (tertiary/aromatic N) is 3. The van der Waals surface area contributed by atoms with Gasteiger partial charge in [-0.05, 0) is 31.0 Å². The van der Waals surface area contributed by atoms with Crippen molar-refractivity contribution in [2.45, 2.75) is 24.9 Å². The number of anilines is 1. The SMILES string of the molecule is N#CC(Nc1cccc(Cl)c1)c1cncn1C1CC1. The first kappa shape index (κ1) is 12.1. The number of rotatable bonds is 4. The average Bonchev–Trinajstić information content (AvgIpc) is 3.14. The molecule has 3 rings (SSSR count). The zero-order chi connectivity index (χ0) is 13.2. The fourth-order valence-electron chi connectivity index (χ4n) is 2.11. The Kier molecular flexibility index (Phi) is 3.14. The average molecular weight is 273 g/mol. The van der Waals surface area contributed by atoms with E-state index in [1.165, 1.54) is 12.8 Å². The monoisotopic (exact) mass is 272 g/mol. The third-order valence-electron chi connectivity index (χ3n) is 3.20. The Hall–Kier alpha value is -1.99. The lowest BCUT2D eigenvalue weighted by molar-refractivity contribution is 0.684. The maximum absolute atomic E-state index is 9.37. The molecule has 0 bridgehead atoms. The highest BCUT2D eigenvalue weighted by atomic mass is 35.5. The minimum Gasteiger partial charge on any atom is -0.365 e. The van der Waals surface area contributed by atoms with Crippen LogP contribution in [-0.4, -0.2) is 9.55 Å². The standard InChI is InChI=1S/C14H13ClN4/c15-10-2-1-3-11(6-10)18-13(7-16)14-8-17-9-19(14)12-4-5-12/h1-3,6,8-9,12-13,18H,4-5H2. The molecule has 1 unspecified atom stereocenters. The van der Waals surface area contributed by atoms with Crippen LogP contribution in [0.4, 0.5) is 5.69 Å². The van der Waals surface area contributed by atoms with Gasteiger partial charge in [0.2, 0.25) is 0 Å². The van der Waals surface area contributed by atoms with Crippen molar-refractivity contribution in [1.29, 1.82) is 5.26 Å². The van der Waals surface area contributed by atoms with Gasteiger partial charge in [-0.25, -0.2) is 4.98 Å². The van der Waals surface area contributed by atoms with Crippen LogP contribution in [0.5, 0.6) is 0 Å². The molecule has 1 N–H and O–H groups in total. The molecule has 1 saturated carbocycles. The number of nitrogens with one attached hydrogen (secondary N) is 1. The number of halogens is 1. The molecule has 5 heteroatoms. The highest BCUT2D eigenvalue weighted by molar-refractivity contribution is 6.30. The molecule has 2 aromatic rings. The van der Waals surface area contributed by atoms with Gasteiger partial charge in [-0.2, -0.15) is 5.26 Å². The molecule has 4 nitrogen and oxygen atoms in total. The number of benzene rings is 1. The quantitative estimate of drug-likeness (QED) is 0.926. The Balaban J connectivity index is 1.84. The fourth-order valence-corrected chi connectivity index (χ4v) is 2.30. The van der Waals surface area contributed by atoms with E-state index in [9.17, 15) is 5.26 Å². The van der Waals surface area contributed by atoms with Gasteiger partial charge >= 0.3 is 0 Å². The highest BCUT2D eigenvalue weighted by Crippen LogP contribution is 2.37. The van der Waals surface area contributed by atoms with E-state index in [-0.39, 0.29) is 0 Å². The van der Waals surface area contributed by atoms with Crippen molar-refractivity contribution >= 4 is 17.3 Å². The van der Waals surface area contributed by atoms with Crippen LogP contribution >= 0.6 is 11.6 Å². The summed E-state index contributed by atoms with van der Waals surface area (Å²) >= 11 is 5.95. The second kappa shape index (κ2) is 4.94. The molecule has 1 aromatic heterocycles. The van der Waals surface area contributed by atoms with Gasteiger partial charge in [0.15, 0.2) is 6.04 Å². The van der Waals surface area contributed by atoms with Crippen molar-refractivity contribution in [3.8, 4) is 6.07 Å². The Morgan fingerprint density at radius 1 is 1.47 bits per heavy atom. The van der Waals surface area contributed by atoms with Crippen molar-refractivity contribution in [3.63, 3.8) is 0 Å². The van der Waals surface area contributed by atoms with Gasteiger partial charge in [-0.15, -0.1) is 0 Å². The van der Waals surface area contributed by atoms with Crippen LogP contribution in [0, 0.1) is 11.3 Å². The van der Waals surface area contributed by atoms with Crippen LogP contribution in [0.3, 0.4) is 0 Å². The van der Waals surface area contributed by atoms with E-state index >= 15 is 0 Å². The molecule has 96 valence electrons. The molecular weight excluding hydrogens is 260 g/mol. The van der Waals surface area contributed by atoms with Crippen molar-refractivity contribution in [3.05, 3.63) is 47.5 Å². The summed E-state index contributed by atoms with van der Waals surface area (Å²) in [6, 6.07) is 9.75. The molecule has 1 aliphatic rings. The van der Waals surface area contributed by atoms with Crippen LogP contribution < -0.4 is 5.32 Å². The van der Waals surface area contributed by atoms with Crippen molar-refractivity contribution in [2.75, 3.05) is 5.32 Å². The third kappa shape index (κ3) is 2.56. The summed E-state index contributed by atoms with van der Waals surface area (Å²) in [7, 11) is 0. The zero-order valence-electron chi connectivity index (χ0n) is 10.3. The van der Waals surface area contributed by atoms with Crippen LogP contribution in [-0.2, 0) is 0 Å². The predicted octanol–water partition coefficient (Wildman–Crippen LogP) is 3.55. The van der Waals surface area contributed by atoms with Gasteiger partial charge in [0.05, 0.1) is 24.3 Å². The van der Waals surface area contributed by atoms with E-state index in [0.29, 0.717) is 11.1 Å². The largest absolute Gasteiger partial charge is 0.365 e. The van der Waals surface area contributed by atoms with Gasteiger partial charge in [0.25, 0.3) is 0 Å². The summed E-state index contributed by atoms with van der Waals surface area (Å²) in [6.07, 6.45) is 5.89. The second-order valence-electron chi connectivity index (χ2n) is 4.67. The molecular formula is C14H13ClN4. The number of nitriles is 1. The zero-order valence-corrected chi connectivity index (χ0v) is 11.0. The molecule has 1 heterocycles. The Morgan fingerprint density at radius 2 is 2.32 bits per heavy atom. The number of hydrogen-bond donors (Lipinski definition) is 1. The molecule has 19 heavy (non-hydrogen) atoms. The summed E-state index contributed by atoms with van der Waals surface area (Å²) in [5.41, 5.74) is 1.74. The van der Waals surface area contributed by atoms with E-state index < -0.39 is 6.04 Å². The van der Waals surface area contributed by atoms with Crippen molar-refractivity contribution in [2.24, 2.45) is 0 Å². The predicted molar refractivity (Wildman–Crippen MR) is 73.9 cm³/mol. The molecule has 0 spiro atoms. The molecule has 0 aliphatic heterocycles.